The fourth-order valence-electron chi connectivity index (χ4n) is 3.19. The van der Waals surface area contributed by atoms with E-state index in [-0.39, 0.29) is 5.82 Å². The van der Waals surface area contributed by atoms with Crippen LogP contribution in [-0.4, -0.2) is 12.8 Å². The van der Waals surface area contributed by atoms with Gasteiger partial charge in [0.05, 0.1) is 0 Å². The number of halogens is 1. The molecule has 1 atom stereocenters. The number of nitrogens with one attached hydrogen (secondary N) is 1. The lowest BCUT2D eigenvalue weighted by molar-refractivity contribution is 0.00418. The molecule has 0 radical (unpaired) electrons. The summed E-state index contributed by atoms with van der Waals surface area (Å²) in [7, 11) is 1.92. The number of ether oxygens (including phenoxy) is 1. The first-order valence-corrected chi connectivity index (χ1v) is 8.40. The average Bonchev–Trinajstić information content (AvgIpc) is 3.42. The van der Waals surface area contributed by atoms with Crippen LogP contribution in [0.1, 0.15) is 31.2 Å². The van der Waals surface area contributed by atoms with Crippen LogP contribution in [0.4, 0.5) is 4.39 Å². The Morgan fingerprint density at radius 3 is 2.43 bits per heavy atom. The normalized spacial score (nSPS) is 16.8. The molecule has 23 heavy (non-hydrogen) atoms. The molecule has 2 nitrogen and oxygen atoms in total. The summed E-state index contributed by atoms with van der Waals surface area (Å²) in [5.41, 5.74) is 0.871. The maximum atomic E-state index is 14.0. The Morgan fingerprint density at radius 2 is 1.78 bits per heavy atom. The van der Waals surface area contributed by atoms with E-state index in [1.807, 2.05) is 19.2 Å². The quantitative estimate of drug-likeness (QED) is 0.722. The van der Waals surface area contributed by atoms with Crippen LogP contribution in [-0.2, 0) is 6.42 Å². The molecule has 2 aromatic rings. The van der Waals surface area contributed by atoms with Crippen LogP contribution >= 0.6 is 0 Å². The first-order valence-electron chi connectivity index (χ1n) is 8.40. The summed E-state index contributed by atoms with van der Waals surface area (Å²) in [4.78, 5) is 0. The zero-order valence-electron chi connectivity index (χ0n) is 13.6. The number of aryl methyl sites for hydroxylation is 1. The van der Waals surface area contributed by atoms with E-state index in [2.05, 4.69) is 29.6 Å². The highest BCUT2D eigenvalue weighted by Gasteiger charge is 2.46. The van der Waals surface area contributed by atoms with Crippen LogP contribution in [0.3, 0.4) is 0 Å². The second-order valence-corrected chi connectivity index (χ2v) is 6.29. The molecule has 3 rings (SSSR count). The average molecular weight is 313 g/mol. The number of hydrogen-bond donors (Lipinski definition) is 1. The summed E-state index contributed by atoms with van der Waals surface area (Å²) in [6, 6.07) is 17.1. The first kappa shape index (κ1) is 16.0. The fourth-order valence-corrected chi connectivity index (χ4v) is 3.19. The lowest BCUT2D eigenvalue weighted by Gasteiger charge is -2.35. The molecule has 0 aliphatic heterocycles. The number of benzene rings is 2. The highest BCUT2D eigenvalue weighted by molar-refractivity contribution is 5.25. The third kappa shape index (κ3) is 3.91. The second kappa shape index (κ2) is 7.14. The zero-order chi connectivity index (χ0) is 16.1. The van der Waals surface area contributed by atoms with Crippen molar-refractivity contribution >= 4 is 0 Å². The van der Waals surface area contributed by atoms with E-state index in [0.29, 0.717) is 11.7 Å². The molecule has 1 unspecified atom stereocenters. The molecule has 0 spiro atoms. The molecule has 1 N–H and O–H groups in total. The maximum absolute atomic E-state index is 14.0. The van der Waals surface area contributed by atoms with Crippen LogP contribution in [0, 0.1) is 11.7 Å². The summed E-state index contributed by atoms with van der Waals surface area (Å²) >= 11 is 0. The van der Waals surface area contributed by atoms with Gasteiger partial charge in [-0.15, -0.1) is 0 Å². The fraction of sp³-hybridized carbons (Fsp3) is 0.400. The van der Waals surface area contributed by atoms with E-state index < -0.39 is 5.72 Å². The van der Waals surface area contributed by atoms with Crippen molar-refractivity contribution < 1.29 is 9.13 Å². The molecule has 122 valence electrons. The van der Waals surface area contributed by atoms with Gasteiger partial charge >= 0.3 is 0 Å². The maximum Gasteiger partial charge on any atom is 0.165 e. The third-order valence-electron chi connectivity index (χ3n) is 4.65. The summed E-state index contributed by atoms with van der Waals surface area (Å²) in [6.45, 7) is 0. The van der Waals surface area contributed by atoms with Gasteiger partial charge in [0.2, 0.25) is 0 Å². The minimum atomic E-state index is -0.461. The molecule has 0 aromatic heterocycles. The van der Waals surface area contributed by atoms with Crippen molar-refractivity contribution in [1.82, 2.24) is 5.32 Å². The van der Waals surface area contributed by atoms with Gasteiger partial charge in [-0.1, -0.05) is 42.5 Å². The summed E-state index contributed by atoms with van der Waals surface area (Å²) in [5.74, 6) is 0.507. The van der Waals surface area contributed by atoms with Crippen LogP contribution in [0.15, 0.2) is 54.6 Å². The van der Waals surface area contributed by atoms with Gasteiger partial charge in [-0.05, 0) is 50.4 Å². The Hall–Kier alpha value is -1.87. The largest absolute Gasteiger partial charge is 0.469 e. The minimum Gasteiger partial charge on any atom is -0.469 e. The second-order valence-electron chi connectivity index (χ2n) is 6.29. The van der Waals surface area contributed by atoms with E-state index in [0.717, 1.165) is 32.1 Å². The molecular weight excluding hydrogens is 289 g/mol. The Bertz CT molecular complexity index is 627. The molecule has 0 heterocycles. The molecule has 1 aliphatic carbocycles. The summed E-state index contributed by atoms with van der Waals surface area (Å²) in [5, 5.41) is 3.35. The molecule has 0 amide bonds. The van der Waals surface area contributed by atoms with Gasteiger partial charge < -0.3 is 4.74 Å². The highest BCUT2D eigenvalue weighted by atomic mass is 19.1. The van der Waals surface area contributed by atoms with Crippen LogP contribution in [0.2, 0.25) is 0 Å². The lowest BCUT2D eigenvalue weighted by atomic mass is 9.98. The lowest BCUT2D eigenvalue weighted by Crippen LogP contribution is -2.50. The van der Waals surface area contributed by atoms with Gasteiger partial charge in [0.25, 0.3) is 0 Å². The predicted molar refractivity (Wildman–Crippen MR) is 90.9 cm³/mol. The Kier molecular flexibility index (Phi) is 4.97. The number of rotatable bonds is 8. The highest BCUT2D eigenvalue weighted by Crippen LogP contribution is 2.43. The number of hydrogen-bond acceptors (Lipinski definition) is 2. The van der Waals surface area contributed by atoms with E-state index >= 15 is 0 Å². The molecule has 1 fully saturated rings. The van der Waals surface area contributed by atoms with Gasteiger partial charge in [-0.2, -0.15) is 0 Å². The molecule has 2 aromatic carbocycles. The monoisotopic (exact) mass is 313 g/mol. The smallest absolute Gasteiger partial charge is 0.165 e. The van der Waals surface area contributed by atoms with Gasteiger partial charge in [0.15, 0.2) is 17.3 Å². The third-order valence-corrected chi connectivity index (χ3v) is 4.65. The number of para-hydroxylation sites is 1. The molecule has 0 saturated heterocycles. The Morgan fingerprint density at radius 1 is 1.09 bits per heavy atom. The van der Waals surface area contributed by atoms with E-state index in [4.69, 9.17) is 4.74 Å². The van der Waals surface area contributed by atoms with Crippen LogP contribution in [0.25, 0.3) is 0 Å². The van der Waals surface area contributed by atoms with Crippen molar-refractivity contribution in [3.05, 3.63) is 66.0 Å². The van der Waals surface area contributed by atoms with E-state index in [1.165, 1.54) is 11.6 Å². The van der Waals surface area contributed by atoms with Gasteiger partial charge in [0.1, 0.15) is 0 Å². The molecule has 1 saturated carbocycles. The van der Waals surface area contributed by atoms with Crippen LogP contribution in [0.5, 0.6) is 5.75 Å². The van der Waals surface area contributed by atoms with E-state index in [9.17, 15) is 4.39 Å². The molecular formula is C20H24FNO. The summed E-state index contributed by atoms with van der Waals surface area (Å²) in [6.07, 6.45) is 5.17. The van der Waals surface area contributed by atoms with Gasteiger partial charge in [0, 0.05) is 12.3 Å². The molecule has 1 aliphatic rings. The van der Waals surface area contributed by atoms with Gasteiger partial charge in [-0.3, -0.25) is 5.32 Å². The molecule has 0 bridgehead atoms. The summed E-state index contributed by atoms with van der Waals surface area (Å²) < 4.78 is 20.1. The van der Waals surface area contributed by atoms with E-state index in [1.54, 1.807) is 12.1 Å². The Balaban J connectivity index is 1.68. The van der Waals surface area contributed by atoms with Crippen molar-refractivity contribution in [2.24, 2.45) is 5.92 Å². The topological polar surface area (TPSA) is 21.3 Å². The zero-order valence-corrected chi connectivity index (χ0v) is 13.6. The van der Waals surface area contributed by atoms with Crippen molar-refractivity contribution in [2.75, 3.05) is 7.05 Å². The SMILES string of the molecule is CNC(CCCc1ccccc1)(Oc1ccccc1F)C1CC1. The standard InChI is InChI=1S/C20H24FNO/c1-22-20(17-13-14-17,23-19-12-6-5-11-18(19)21)15-7-10-16-8-3-2-4-9-16/h2-6,8-9,11-12,17,22H,7,10,13-15H2,1H3. The van der Waals surface area contributed by atoms with Crippen molar-refractivity contribution in [2.45, 2.75) is 37.8 Å². The minimum absolute atomic E-state index is 0.296. The first-order chi connectivity index (χ1) is 11.2. The van der Waals surface area contributed by atoms with Crippen molar-refractivity contribution in [3.8, 4) is 5.75 Å². The van der Waals surface area contributed by atoms with Gasteiger partial charge in [-0.25, -0.2) is 4.39 Å². The van der Waals surface area contributed by atoms with Crippen molar-refractivity contribution in [1.29, 1.82) is 0 Å². The van der Waals surface area contributed by atoms with Crippen molar-refractivity contribution in [3.63, 3.8) is 0 Å². The Labute approximate surface area is 137 Å². The van der Waals surface area contributed by atoms with Crippen LogP contribution < -0.4 is 10.1 Å². The predicted octanol–water partition coefficient (Wildman–Crippen LogP) is 4.55. The molecule has 3 heteroatoms.